The largest absolute Gasteiger partial charge is 0.463 e. The lowest BCUT2D eigenvalue weighted by atomic mass is 10.2. The van der Waals surface area contributed by atoms with Gasteiger partial charge in [0, 0.05) is 13.3 Å². The smallest absolute Gasteiger partial charge is 0.323 e. The zero-order valence-corrected chi connectivity index (χ0v) is 12.5. The molecule has 1 aromatic carbocycles. The molecule has 1 rings (SSSR count). The number of aryl methyl sites for hydroxylation is 1. The van der Waals surface area contributed by atoms with Crippen molar-refractivity contribution in [2.75, 3.05) is 6.61 Å². The van der Waals surface area contributed by atoms with Crippen LogP contribution >= 0.6 is 0 Å². The molecule has 0 amide bonds. The highest BCUT2D eigenvalue weighted by molar-refractivity contribution is 7.86. The third kappa shape index (κ3) is 5.68. The molecule has 0 N–H and O–H groups in total. The van der Waals surface area contributed by atoms with E-state index in [1.54, 1.807) is 19.1 Å². The number of benzene rings is 1. The first-order valence-electron chi connectivity index (χ1n) is 6.11. The van der Waals surface area contributed by atoms with Gasteiger partial charge in [-0.2, -0.15) is 8.42 Å². The van der Waals surface area contributed by atoms with Crippen LogP contribution in [0.3, 0.4) is 0 Å². The number of rotatable bonds is 7. The van der Waals surface area contributed by atoms with Gasteiger partial charge in [0.25, 0.3) is 0 Å². The Balaban J connectivity index is 2.41. The summed E-state index contributed by atoms with van der Waals surface area (Å²) in [6, 6.07) is 6.21. The first kappa shape index (κ1) is 16.6. The summed E-state index contributed by atoms with van der Waals surface area (Å²) >= 11 is 0. The van der Waals surface area contributed by atoms with Gasteiger partial charge in [-0.1, -0.05) is 17.7 Å². The van der Waals surface area contributed by atoms with Crippen molar-refractivity contribution >= 4 is 16.1 Å². The van der Waals surface area contributed by atoms with Crippen LogP contribution in [-0.4, -0.2) is 27.1 Å². The number of ether oxygens (including phenoxy) is 1. The lowest BCUT2D eigenvalue weighted by molar-refractivity contribution is -0.206. The monoisotopic (exact) mass is 302 g/mol. The molecule has 1 aromatic rings. The van der Waals surface area contributed by atoms with E-state index in [0.29, 0.717) is 6.42 Å². The van der Waals surface area contributed by atoms with Gasteiger partial charge in [-0.25, -0.2) is 4.89 Å². The number of hydrogen-bond acceptors (Lipinski definition) is 6. The van der Waals surface area contributed by atoms with E-state index < -0.39 is 16.1 Å². The summed E-state index contributed by atoms with van der Waals surface area (Å²) in [5.74, 6) is -0.398. The van der Waals surface area contributed by atoms with Crippen molar-refractivity contribution in [3.05, 3.63) is 29.8 Å². The minimum atomic E-state index is -3.93. The lowest BCUT2D eigenvalue weighted by Gasteiger charge is -2.11. The SMILES string of the molecule is CC(=O)O[C@H](C)CCOOS(=O)(=O)c1ccc(C)cc1. The van der Waals surface area contributed by atoms with E-state index in [-0.39, 0.29) is 17.6 Å². The molecule has 0 spiro atoms. The molecule has 0 fully saturated rings. The summed E-state index contributed by atoms with van der Waals surface area (Å²) in [6.07, 6.45) is -0.0265. The van der Waals surface area contributed by atoms with Gasteiger partial charge in [-0.3, -0.25) is 4.79 Å². The Hall–Kier alpha value is -1.44. The van der Waals surface area contributed by atoms with Gasteiger partial charge in [0.2, 0.25) is 0 Å². The molecule has 0 saturated heterocycles. The summed E-state index contributed by atoms with van der Waals surface area (Å²) in [5, 5.41) is 0. The normalized spacial score (nSPS) is 12.9. The van der Waals surface area contributed by atoms with Crippen molar-refractivity contribution < 1.29 is 27.2 Å². The molecule has 0 saturated carbocycles. The summed E-state index contributed by atoms with van der Waals surface area (Å²) in [6.45, 7) is 4.83. The van der Waals surface area contributed by atoms with Crippen molar-refractivity contribution in [1.82, 2.24) is 0 Å². The first-order chi connectivity index (χ1) is 9.31. The van der Waals surface area contributed by atoms with Crippen molar-refractivity contribution in [1.29, 1.82) is 0 Å². The van der Waals surface area contributed by atoms with Gasteiger partial charge < -0.3 is 4.74 Å². The minimum absolute atomic E-state index is 0.000458. The second-order valence-corrected chi connectivity index (χ2v) is 5.88. The molecule has 0 heterocycles. The molecule has 0 bridgehead atoms. The van der Waals surface area contributed by atoms with E-state index in [2.05, 4.69) is 9.22 Å². The van der Waals surface area contributed by atoms with Gasteiger partial charge in [0.05, 0.1) is 11.5 Å². The Bertz CT molecular complexity index is 534. The molecule has 0 aliphatic rings. The predicted octanol–water partition coefficient (Wildman–Crippen LogP) is 1.97. The van der Waals surface area contributed by atoms with Gasteiger partial charge >= 0.3 is 16.1 Å². The maximum atomic E-state index is 11.7. The molecule has 0 radical (unpaired) electrons. The summed E-state index contributed by atoms with van der Waals surface area (Å²) < 4.78 is 32.8. The number of hydrogen-bond donors (Lipinski definition) is 0. The Morgan fingerprint density at radius 2 is 1.85 bits per heavy atom. The number of carbonyl (C=O) groups excluding carboxylic acids is 1. The van der Waals surface area contributed by atoms with Crippen molar-refractivity contribution in [2.24, 2.45) is 0 Å². The molecule has 7 heteroatoms. The number of esters is 1. The van der Waals surface area contributed by atoms with Gasteiger partial charge in [0.1, 0.15) is 6.10 Å². The van der Waals surface area contributed by atoms with E-state index in [1.165, 1.54) is 19.1 Å². The van der Waals surface area contributed by atoms with Crippen LogP contribution in [0.15, 0.2) is 29.2 Å². The third-order valence-corrected chi connectivity index (χ3v) is 3.55. The van der Waals surface area contributed by atoms with Crippen LogP contribution in [0, 0.1) is 6.92 Å². The average Bonchev–Trinajstić information content (AvgIpc) is 2.34. The molecule has 20 heavy (non-hydrogen) atoms. The van der Waals surface area contributed by atoms with Crippen molar-refractivity contribution in [2.45, 2.75) is 38.2 Å². The molecule has 0 aromatic heterocycles. The molecule has 0 unspecified atom stereocenters. The van der Waals surface area contributed by atoms with Crippen LogP contribution in [0.5, 0.6) is 0 Å². The third-order valence-electron chi connectivity index (χ3n) is 2.42. The van der Waals surface area contributed by atoms with Crippen LogP contribution in [0.4, 0.5) is 0 Å². The summed E-state index contributed by atoms with van der Waals surface area (Å²) in [5.41, 5.74) is 0.945. The molecule has 1 atom stereocenters. The van der Waals surface area contributed by atoms with Crippen molar-refractivity contribution in [3.8, 4) is 0 Å². The van der Waals surface area contributed by atoms with Crippen LogP contribution in [0.1, 0.15) is 25.8 Å². The van der Waals surface area contributed by atoms with Crippen LogP contribution < -0.4 is 0 Å². The van der Waals surface area contributed by atoms with Crippen LogP contribution in [0.2, 0.25) is 0 Å². The number of carbonyl (C=O) groups is 1. The van der Waals surface area contributed by atoms with Gasteiger partial charge in [0.15, 0.2) is 0 Å². The van der Waals surface area contributed by atoms with Gasteiger partial charge in [-0.05, 0) is 26.0 Å². The van der Waals surface area contributed by atoms with Crippen LogP contribution in [0.25, 0.3) is 0 Å². The Morgan fingerprint density at radius 1 is 1.25 bits per heavy atom. The van der Waals surface area contributed by atoms with Gasteiger partial charge in [-0.15, -0.1) is 4.33 Å². The highest BCUT2D eigenvalue weighted by atomic mass is 32.2. The molecule has 6 nitrogen and oxygen atoms in total. The Morgan fingerprint density at radius 3 is 2.40 bits per heavy atom. The van der Waals surface area contributed by atoms with E-state index in [0.717, 1.165) is 5.56 Å². The molecular formula is C13H18O6S. The zero-order valence-electron chi connectivity index (χ0n) is 11.7. The fourth-order valence-corrected chi connectivity index (χ4v) is 2.14. The van der Waals surface area contributed by atoms with E-state index in [1.807, 2.05) is 6.92 Å². The molecular weight excluding hydrogens is 284 g/mol. The maximum Gasteiger partial charge on any atom is 0.323 e. The van der Waals surface area contributed by atoms with Crippen molar-refractivity contribution in [3.63, 3.8) is 0 Å². The standard InChI is InChI=1S/C13H18O6S/c1-10-4-6-13(7-5-10)20(15,16)19-17-9-8-11(2)18-12(3)14/h4-7,11H,8-9H2,1-3H3/t11-/m1/s1. The predicted molar refractivity (Wildman–Crippen MR) is 71.2 cm³/mol. The minimum Gasteiger partial charge on any atom is -0.463 e. The van der Waals surface area contributed by atoms with E-state index in [4.69, 9.17) is 4.74 Å². The molecule has 0 aliphatic heterocycles. The van der Waals surface area contributed by atoms with E-state index in [9.17, 15) is 13.2 Å². The quantitative estimate of drug-likeness (QED) is 0.332. The highest BCUT2D eigenvalue weighted by Crippen LogP contribution is 2.13. The Labute approximate surface area is 118 Å². The highest BCUT2D eigenvalue weighted by Gasteiger charge is 2.16. The maximum absolute atomic E-state index is 11.7. The molecule has 112 valence electrons. The summed E-state index contributed by atoms with van der Waals surface area (Å²) in [4.78, 5) is 15.3. The van der Waals surface area contributed by atoms with E-state index >= 15 is 0 Å². The topological polar surface area (TPSA) is 78.9 Å². The molecule has 0 aliphatic carbocycles. The second-order valence-electron chi connectivity index (χ2n) is 4.37. The summed E-state index contributed by atoms with van der Waals surface area (Å²) in [7, 11) is -3.93. The average molecular weight is 302 g/mol. The zero-order chi connectivity index (χ0) is 15.2. The fraction of sp³-hybridized carbons (Fsp3) is 0.462. The fourth-order valence-electron chi connectivity index (χ4n) is 1.40. The second kappa shape index (κ2) is 7.37. The first-order valence-corrected chi connectivity index (χ1v) is 7.52. The van der Waals surface area contributed by atoms with Crippen LogP contribution in [-0.2, 0) is 28.9 Å². The Kier molecular flexibility index (Phi) is 6.12. The lowest BCUT2D eigenvalue weighted by Crippen LogP contribution is -2.16.